The van der Waals surface area contributed by atoms with Crippen LogP contribution in [0, 0.1) is 0 Å². The first kappa shape index (κ1) is 9.12. The van der Waals surface area contributed by atoms with Gasteiger partial charge in [-0.2, -0.15) is 0 Å². The van der Waals surface area contributed by atoms with E-state index in [1.807, 2.05) is 6.33 Å². The van der Waals surface area contributed by atoms with E-state index in [2.05, 4.69) is 27.1 Å². The van der Waals surface area contributed by atoms with Crippen LogP contribution in [0.1, 0.15) is 12.1 Å². The van der Waals surface area contributed by atoms with Gasteiger partial charge < -0.3 is 10.3 Å². The molecule has 0 saturated heterocycles. The van der Waals surface area contributed by atoms with E-state index in [4.69, 9.17) is 5.73 Å². The highest BCUT2D eigenvalue weighted by Gasteiger charge is 2.20. The third kappa shape index (κ3) is 1.50. The summed E-state index contributed by atoms with van der Waals surface area (Å²) in [6, 6.07) is 4.48. The van der Waals surface area contributed by atoms with Crippen molar-refractivity contribution in [2.75, 3.05) is 0 Å². The van der Waals surface area contributed by atoms with E-state index in [0.29, 0.717) is 6.04 Å². The summed E-state index contributed by atoms with van der Waals surface area (Å²) in [5, 5.41) is 2.09. The molecule has 2 N–H and O–H groups in total. The third-order valence-corrected chi connectivity index (χ3v) is 3.77. The Morgan fingerprint density at radius 3 is 3.27 bits per heavy atom. The summed E-state index contributed by atoms with van der Waals surface area (Å²) >= 11 is 1.74. The van der Waals surface area contributed by atoms with Crippen LogP contribution < -0.4 is 5.73 Å². The topological polar surface area (TPSA) is 43.8 Å². The van der Waals surface area contributed by atoms with E-state index < -0.39 is 0 Å². The Hall–Kier alpha value is -1.13. The number of thiophene rings is 1. The number of fused-ring (bicyclic) bond motifs is 1. The maximum atomic E-state index is 5.99. The molecule has 4 heteroatoms. The Morgan fingerprint density at radius 2 is 2.47 bits per heavy atom. The van der Waals surface area contributed by atoms with Crippen molar-refractivity contribution in [2.45, 2.75) is 25.4 Å². The van der Waals surface area contributed by atoms with Crippen LogP contribution in [-0.4, -0.2) is 15.6 Å². The first-order chi connectivity index (χ1) is 7.34. The normalized spacial score (nSPS) is 20.2. The molecule has 0 aromatic carbocycles. The van der Waals surface area contributed by atoms with Crippen LogP contribution >= 0.6 is 11.3 Å². The van der Waals surface area contributed by atoms with Crippen LogP contribution in [0.4, 0.5) is 0 Å². The zero-order valence-corrected chi connectivity index (χ0v) is 9.20. The van der Waals surface area contributed by atoms with Crippen LogP contribution in [0.5, 0.6) is 0 Å². The zero-order chi connectivity index (χ0) is 10.3. The number of nitrogens with two attached hydrogens (primary N) is 1. The quantitative estimate of drug-likeness (QED) is 0.796. The lowest BCUT2D eigenvalue weighted by atomic mass is 10.0. The van der Waals surface area contributed by atoms with Gasteiger partial charge in [-0.3, -0.25) is 0 Å². The molecule has 1 aliphatic heterocycles. The minimum Gasteiger partial charge on any atom is -0.334 e. The van der Waals surface area contributed by atoms with Crippen molar-refractivity contribution in [3.05, 3.63) is 29.5 Å². The lowest BCUT2D eigenvalue weighted by Gasteiger charge is -2.20. The Morgan fingerprint density at radius 1 is 1.53 bits per heavy atom. The second-order valence-electron chi connectivity index (χ2n) is 3.96. The molecule has 15 heavy (non-hydrogen) atoms. The average molecular weight is 219 g/mol. The maximum absolute atomic E-state index is 5.99. The van der Waals surface area contributed by atoms with E-state index in [1.54, 1.807) is 11.3 Å². The number of aromatic nitrogens is 2. The molecule has 1 aliphatic rings. The van der Waals surface area contributed by atoms with E-state index >= 15 is 0 Å². The Balaban J connectivity index is 2.07. The van der Waals surface area contributed by atoms with Gasteiger partial charge in [-0.1, -0.05) is 6.07 Å². The highest BCUT2D eigenvalue weighted by Crippen LogP contribution is 2.29. The molecule has 0 bridgehead atoms. The summed E-state index contributed by atoms with van der Waals surface area (Å²) in [5.41, 5.74) is 8.42. The molecule has 2 aromatic heterocycles. The second-order valence-corrected chi connectivity index (χ2v) is 4.91. The van der Waals surface area contributed by atoms with Crippen LogP contribution in [0.2, 0.25) is 0 Å². The number of aryl methyl sites for hydroxylation is 1. The SMILES string of the molecule is NC1CCn2cnc(-c3cccs3)c2C1. The van der Waals surface area contributed by atoms with E-state index in [0.717, 1.165) is 25.1 Å². The number of imidazole rings is 1. The fourth-order valence-corrected chi connectivity index (χ4v) is 2.83. The van der Waals surface area contributed by atoms with Gasteiger partial charge >= 0.3 is 0 Å². The van der Waals surface area contributed by atoms with Gasteiger partial charge in [0, 0.05) is 24.7 Å². The fourth-order valence-electron chi connectivity index (χ4n) is 2.09. The Bertz CT molecular complexity index is 458. The van der Waals surface area contributed by atoms with Gasteiger partial charge in [-0.15, -0.1) is 11.3 Å². The summed E-state index contributed by atoms with van der Waals surface area (Å²) in [4.78, 5) is 5.74. The van der Waals surface area contributed by atoms with Crippen LogP contribution in [0.15, 0.2) is 23.8 Å². The summed E-state index contributed by atoms with van der Waals surface area (Å²) in [5.74, 6) is 0. The molecule has 1 atom stereocenters. The summed E-state index contributed by atoms with van der Waals surface area (Å²) in [6.45, 7) is 1.01. The molecule has 3 heterocycles. The number of hydrogen-bond acceptors (Lipinski definition) is 3. The fraction of sp³-hybridized carbons (Fsp3) is 0.364. The molecule has 0 aliphatic carbocycles. The van der Waals surface area contributed by atoms with Crippen LogP contribution in [0.3, 0.4) is 0 Å². The second kappa shape index (κ2) is 3.47. The van der Waals surface area contributed by atoms with Crippen molar-refractivity contribution < 1.29 is 0 Å². The van der Waals surface area contributed by atoms with Crippen molar-refractivity contribution in [2.24, 2.45) is 5.73 Å². The van der Waals surface area contributed by atoms with Crippen LogP contribution in [-0.2, 0) is 13.0 Å². The van der Waals surface area contributed by atoms with E-state index in [-0.39, 0.29) is 0 Å². The molecule has 0 radical (unpaired) electrons. The predicted molar refractivity (Wildman–Crippen MR) is 61.8 cm³/mol. The summed E-state index contributed by atoms with van der Waals surface area (Å²) in [7, 11) is 0. The van der Waals surface area contributed by atoms with Gasteiger partial charge in [0.05, 0.1) is 11.2 Å². The smallest absolute Gasteiger partial charge is 0.101 e. The lowest BCUT2D eigenvalue weighted by Crippen LogP contribution is -2.30. The molecule has 1 unspecified atom stereocenters. The molecule has 3 rings (SSSR count). The van der Waals surface area contributed by atoms with Gasteiger partial charge in [-0.05, 0) is 17.9 Å². The summed E-state index contributed by atoms with van der Waals surface area (Å²) < 4.78 is 2.23. The van der Waals surface area contributed by atoms with Gasteiger partial charge in [0.2, 0.25) is 0 Å². The van der Waals surface area contributed by atoms with Gasteiger partial charge in [0.1, 0.15) is 5.69 Å². The summed E-state index contributed by atoms with van der Waals surface area (Å²) in [6.07, 6.45) is 3.96. The zero-order valence-electron chi connectivity index (χ0n) is 8.39. The molecule has 3 nitrogen and oxygen atoms in total. The minimum absolute atomic E-state index is 0.299. The van der Waals surface area contributed by atoms with E-state index in [9.17, 15) is 0 Å². The standard InChI is InChI=1S/C11H13N3S/c12-8-3-4-14-7-13-11(9(14)6-8)10-2-1-5-15-10/h1-2,5,7-8H,3-4,6,12H2. The van der Waals surface area contributed by atoms with Crippen LogP contribution in [0.25, 0.3) is 10.6 Å². The number of nitrogens with zero attached hydrogens (tertiary/aromatic N) is 2. The molecular weight excluding hydrogens is 206 g/mol. The molecule has 2 aromatic rings. The maximum Gasteiger partial charge on any atom is 0.101 e. The molecule has 0 amide bonds. The molecule has 0 saturated carbocycles. The Kier molecular flexibility index (Phi) is 2.11. The molecular formula is C11H13N3S. The van der Waals surface area contributed by atoms with Crippen molar-refractivity contribution in [3.63, 3.8) is 0 Å². The minimum atomic E-state index is 0.299. The average Bonchev–Trinajstić information content (AvgIpc) is 2.83. The largest absolute Gasteiger partial charge is 0.334 e. The number of rotatable bonds is 1. The highest BCUT2D eigenvalue weighted by molar-refractivity contribution is 7.13. The van der Waals surface area contributed by atoms with Gasteiger partial charge in [0.15, 0.2) is 0 Å². The third-order valence-electron chi connectivity index (χ3n) is 2.90. The number of hydrogen-bond donors (Lipinski definition) is 1. The molecule has 0 fully saturated rings. The monoisotopic (exact) mass is 219 g/mol. The van der Waals surface area contributed by atoms with Crippen molar-refractivity contribution in [1.82, 2.24) is 9.55 Å². The van der Waals surface area contributed by atoms with Gasteiger partial charge in [0.25, 0.3) is 0 Å². The molecule has 0 spiro atoms. The lowest BCUT2D eigenvalue weighted by molar-refractivity contribution is 0.472. The Labute approximate surface area is 92.6 Å². The van der Waals surface area contributed by atoms with Crippen molar-refractivity contribution >= 4 is 11.3 Å². The van der Waals surface area contributed by atoms with E-state index in [1.165, 1.54) is 10.6 Å². The predicted octanol–water partition coefficient (Wildman–Crippen LogP) is 1.89. The molecule has 78 valence electrons. The van der Waals surface area contributed by atoms with Crippen molar-refractivity contribution in [1.29, 1.82) is 0 Å². The first-order valence-electron chi connectivity index (χ1n) is 5.18. The van der Waals surface area contributed by atoms with Gasteiger partial charge in [-0.25, -0.2) is 4.98 Å². The van der Waals surface area contributed by atoms with Crippen molar-refractivity contribution in [3.8, 4) is 10.6 Å². The highest BCUT2D eigenvalue weighted by atomic mass is 32.1. The first-order valence-corrected chi connectivity index (χ1v) is 6.06.